The van der Waals surface area contributed by atoms with E-state index in [0.29, 0.717) is 23.8 Å². The van der Waals surface area contributed by atoms with Crippen molar-refractivity contribution in [3.8, 4) is 0 Å². The Labute approximate surface area is 250 Å². The van der Waals surface area contributed by atoms with Crippen molar-refractivity contribution in [1.29, 1.82) is 0 Å². The molecule has 0 aromatic carbocycles. The van der Waals surface area contributed by atoms with Crippen molar-refractivity contribution in [3.05, 3.63) is 11.1 Å². The number of carbonyl (C=O) groups excluding carboxylic acids is 4. The standard InChI is InChI=1S/C34H49ClO6/c1-19(2)26-27-21-9-10-23-31(6)13-12-24(41-25(37)17-35)30(4,5)22(31)11-14-33(23,8)32(21,7)15-16-34(27,18-40-20(3)36)29(39)28(26)38/h19,21-24H,9-18H2,1-8H3/t21?,22?,23?,24?,31?,32?,33?,34-/m0/s1. The average Bonchev–Trinajstić information content (AvgIpc) is 3.11. The first-order valence-electron chi connectivity index (χ1n) is 15.7. The van der Waals surface area contributed by atoms with E-state index in [1.165, 1.54) is 6.92 Å². The maximum atomic E-state index is 13.7. The minimum Gasteiger partial charge on any atom is -0.464 e. The van der Waals surface area contributed by atoms with Crippen molar-refractivity contribution >= 4 is 35.1 Å². The van der Waals surface area contributed by atoms with Crippen LogP contribution in [0.5, 0.6) is 0 Å². The van der Waals surface area contributed by atoms with Crippen molar-refractivity contribution < 1.29 is 28.7 Å². The van der Waals surface area contributed by atoms with Gasteiger partial charge in [-0.05, 0) is 96.9 Å². The Hall–Kier alpha value is -1.69. The van der Waals surface area contributed by atoms with Gasteiger partial charge in [0.2, 0.25) is 11.6 Å². The van der Waals surface area contributed by atoms with Crippen LogP contribution in [0.4, 0.5) is 0 Å². The second-order valence-electron chi connectivity index (χ2n) is 15.6. The van der Waals surface area contributed by atoms with Crippen LogP contribution < -0.4 is 0 Å². The zero-order valence-corrected chi connectivity index (χ0v) is 27.0. The monoisotopic (exact) mass is 588 g/mol. The molecule has 0 N–H and O–H groups in total. The van der Waals surface area contributed by atoms with Crippen LogP contribution in [0.3, 0.4) is 0 Å². The summed E-state index contributed by atoms with van der Waals surface area (Å²) in [6.07, 6.45) is 7.18. The zero-order chi connectivity index (χ0) is 30.3. The van der Waals surface area contributed by atoms with Crippen LogP contribution in [0.15, 0.2) is 11.1 Å². The van der Waals surface area contributed by atoms with Crippen molar-refractivity contribution in [2.75, 3.05) is 12.5 Å². The lowest BCUT2D eigenvalue weighted by atomic mass is 9.33. The number of esters is 2. The van der Waals surface area contributed by atoms with E-state index in [2.05, 4.69) is 34.6 Å². The Kier molecular flexibility index (Phi) is 7.44. The predicted molar refractivity (Wildman–Crippen MR) is 157 cm³/mol. The topological polar surface area (TPSA) is 86.7 Å². The van der Waals surface area contributed by atoms with Gasteiger partial charge < -0.3 is 9.47 Å². The van der Waals surface area contributed by atoms with E-state index in [9.17, 15) is 19.2 Å². The molecule has 41 heavy (non-hydrogen) atoms. The Balaban J connectivity index is 1.55. The summed E-state index contributed by atoms with van der Waals surface area (Å²) in [6, 6.07) is 0. The fourth-order valence-electron chi connectivity index (χ4n) is 11.3. The molecule has 5 rings (SSSR count). The maximum absolute atomic E-state index is 13.7. The van der Waals surface area contributed by atoms with Crippen LogP contribution in [0.2, 0.25) is 0 Å². The highest BCUT2D eigenvalue weighted by Crippen LogP contribution is 2.76. The second kappa shape index (κ2) is 9.92. The number of hydrogen-bond acceptors (Lipinski definition) is 6. The first-order chi connectivity index (χ1) is 19.0. The molecule has 7 heteroatoms. The van der Waals surface area contributed by atoms with Gasteiger partial charge in [0, 0.05) is 17.9 Å². The van der Waals surface area contributed by atoms with Crippen molar-refractivity contribution in [2.24, 2.45) is 50.7 Å². The molecule has 6 nitrogen and oxygen atoms in total. The van der Waals surface area contributed by atoms with E-state index in [0.717, 1.165) is 50.5 Å². The number of ether oxygens (including phenoxy) is 2. The molecular weight excluding hydrogens is 540 g/mol. The molecule has 7 unspecified atom stereocenters. The van der Waals surface area contributed by atoms with E-state index < -0.39 is 11.4 Å². The third kappa shape index (κ3) is 4.08. The van der Waals surface area contributed by atoms with Gasteiger partial charge in [-0.3, -0.25) is 19.2 Å². The number of rotatable bonds is 5. The molecule has 8 atom stereocenters. The van der Waals surface area contributed by atoms with Crippen LogP contribution in [0, 0.1) is 50.7 Å². The number of fused-ring (bicyclic) bond motifs is 7. The SMILES string of the molecule is CC(=O)OC[C@@]12CCC3(C)C(CCC4C5(C)CCC(OC(=O)CCl)C(C)(C)C5CCC43C)C1=C(C(C)C)C(=O)C2=O. The molecule has 0 aromatic heterocycles. The van der Waals surface area contributed by atoms with Gasteiger partial charge in [0.15, 0.2) is 0 Å². The number of carbonyl (C=O) groups is 4. The van der Waals surface area contributed by atoms with Gasteiger partial charge in [-0.2, -0.15) is 0 Å². The lowest BCUT2D eigenvalue weighted by molar-refractivity contribution is -0.233. The first kappa shape index (κ1) is 30.8. The van der Waals surface area contributed by atoms with Gasteiger partial charge in [0.1, 0.15) is 18.6 Å². The van der Waals surface area contributed by atoms with Gasteiger partial charge in [0.05, 0.1) is 5.41 Å². The molecule has 0 amide bonds. The largest absolute Gasteiger partial charge is 0.464 e. The van der Waals surface area contributed by atoms with Gasteiger partial charge >= 0.3 is 11.9 Å². The first-order valence-corrected chi connectivity index (χ1v) is 16.3. The molecule has 0 spiro atoms. The third-order valence-corrected chi connectivity index (χ3v) is 13.6. The number of halogens is 1. The predicted octanol–water partition coefficient (Wildman–Crippen LogP) is 6.86. The summed E-state index contributed by atoms with van der Waals surface area (Å²) in [6.45, 7) is 17.3. The summed E-state index contributed by atoms with van der Waals surface area (Å²) in [5, 5.41) is 0. The zero-order valence-electron chi connectivity index (χ0n) is 26.3. The fourth-order valence-corrected chi connectivity index (χ4v) is 11.4. The second-order valence-corrected chi connectivity index (χ2v) is 15.9. The molecule has 0 bridgehead atoms. The molecule has 228 valence electrons. The number of ketones is 2. The highest BCUT2D eigenvalue weighted by Gasteiger charge is 2.71. The van der Waals surface area contributed by atoms with Gasteiger partial charge in [-0.1, -0.05) is 48.5 Å². The summed E-state index contributed by atoms with van der Waals surface area (Å²) in [4.78, 5) is 51.4. The van der Waals surface area contributed by atoms with Crippen LogP contribution in [0.1, 0.15) is 107 Å². The van der Waals surface area contributed by atoms with Crippen LogP contribution in [-0.4, -0.2) is 42.1 Å². The van der Waals surface area contributed by atoms with Crippen LogP contribution in [0.25, 0.3) is 0 Å². The fraction of sp³-hybridized carbons (Fsp3) is 0.824. The van der Waals surface area contributed by atoms with Crippen LogP contribution in [-0.2, 0) is 28.7 Å². The lowest BCUT2D eigenvalue weighted by Gasteiger charge is -2.72. The number of allylic oxidation sites excluding steroid dienone is 1. The maximum Gasteiger partial charge on any atom is 0.321 e. The molecule has 0 heterocycles. The summed E-state index contributed by atoms with van der Waals surface area (Å²) in [5.74, 6) is -0.651. The Morgan fingerprint density at radius 2 is 1.59 bits per heavy atom. The summed E-state index contributed by atoms with van der Waals surface area (Å²) in [5.41, 5.74) is 0.547. The summed E-state index contributed by atoms with van der Waals surface area (Å²) < 4.78 is 11.4. The molecule has 5 aliphatic rings. The van der Waals surface area contributed by atoms with Gasteiger partial charge in [-0.15, -0.1) is 11.6 Å². The van der Waals surface area contributed by atoms with Gasteiger partial charge in [-0.25, -0.2) is 0 Å². The average molecular weight is 589 g/mol. The molecule has 0 aliphatic heterocycles. The number of Topliss-reactive ketones (excluding diaryl/α,β-unsaturated/α-hetero) is 2. The molecule has 5 aliphatic carbocycles. The Morgan fingerprint density at radius 1 is 0.902 bits per heavy atom. The quantitative estimate of drug-likeness (QED) is 0.198. The Morgan fingerprint density at radius 3 is 2.20 bits per heavy atom. The minimum absolute atomic E-state index is 0.0221. The molecule has 0 saturated heterocycles. The minimum atomic E-state index is -1.01. The van der Waals surface area contributed by atoms with E-state index >= 15 is 0 Å². The molecule has 4 fully saturated rings. The number of alkyl halides is 1. The van der Waals surface area contributed by atoms with Crippen LogP contribution >= 0.6 is 11.6 Å². The normalized spacial score (nSPS) is 43.2. The molecule has 0 aromatic rings. The summed E-state index contributed by atoms with van der Waals surface area (Å²) in [7, 11) is 0. The summed E-state index contributed by atoms with van der Waals surface area (Å²) >= 11 is 5.81. The Bertz CT molecular complexity index is 1200. The van der Waals surface area contributed by atoms with E-state index in [-0.39, 0.29) is 69.6 Å². The van der Waals surface area contributed by atoms with Crippen molar-refractivity contribution in [1.82, 2.24) is 0 Å². The van der Waals surface area contributed by atoms with Crippen molar-refractivity contribution in [3.63, 3.8) is 0 Å². The van der Waals surface area contributed by atoms with Crippen molar-refractivity contribution in [2.45, 2.75) is 113 Å². The lowest BCUT2D eigenvalue weighted by Crippen LogP contribution is -2.66. The highest BCUT2D eigenvalue weighted by atomic mass is 35.5. The van der Waals surface area contributed by atoms with E-state index in [1.54, 1.807) is 0 Å². The molecule has 0 radical (unpaired) electrons. The van der Waals surface area contributed by atoms with Gasteiger partial charge in [0.25, 0.3) is 0 Å². The van der Waals surface area contributed by atoms with E-state index in [4.69, 9.17) is 21.1 Å². The molecular formula is C34H49ClO6. The van der Waals surface area contributed by atoms with E-state index in [1.807, 2.05) is 13.8 Å². The highest BCUT2D eigenvalue weighted by molar-refractivity contribution is 6.49. The molecule has 4 saturated carbocycles. The smallest absolute Gasteiger partial charge is 0.321 e. The third-order valence-electron chi connectivity index (χ3n) is 13.4. The number of hydrogen-bond donors (Lipinski definition) is 0.